The molecule has 3 fully saturated rings. The molecule has 0 radical (unpaired) electrons. The second kappa shape index (κ2) is 17.8. The summed E-state index contributed by atoms with van der Waals surface area (Å²) in [4.78, 5) is 32.1. The zero-order chi connectivity index (χ0) is 28.6. The highest BCUT2D eigenvalue weighted by Gasteiger charge is 2.34. The predicted molar refractivity (Wildman–Crippen MR) is 164 cm³/mol. The first-order valence-corrected chi connectivity index (χ1v) is 15.4. The van der Waals surface area contributed by atoms with Crippen LogP contribution in [0.4, 0.5) is 4.79 Å². The summed E-state index contributed by atoms with van der Waals surface area (Å²) in [5.41, 5.74) is 1.02. The maximum absolute atomic E-state index is 12.9. The largest absolute Gasteiger partial charge is 0.445 e. The molecule has 2 aliphatic heterocycles. The van der Waals surface area contributed by atoms with E-state index >= 15 is 0 Å². The molecule has 0 N–H and O–H groups in total. The molecule has 40 heavy (non-hydrogen) atoms. The fourth-order valence-corrected chi connectivity index (χ4v) is 6.16. The summed E-state index contributed by atoms with van der Waals surface area (Å²) < 4.78 is 5.59. The third-order valence-corrected chi connectivity index (χ3v) is 8.40. The van der Waals surface area contributed by atoms with Gasteiger partial charge in [-0.25, -0.2) is 4.79 Å². The van der Waals surface area contributed by atoms with Gasteiger partial charge in [0.2, 0.25) is 5.91 Å². The molecule has 1 saturated carbocycles. The van der Waals surface area contributed by atoms with Crippen LogP contribution in [0.2, 0.25) is 0 Å². The number of piperidine rings is 1. The molecule has 4 rings (SSSR count). The van der Waals surface area contributed by atoms with Gasteiger partial charge in [-0.05, 0) is 57.4 Å². The Morgan fingerprint density at radius 2 is 1.70 bits per heavy atom. The maximum atomic E-state index is 12.9. The number of carbonyl (C=O) groups excluding carboxylic acids is 2. The molecule has 1 aromatic carbocycles. The van der Waals surface area contributed by atoms with Crippen LogP contribution in [0.3, 0.4) is 0 Å². The van der Waals surface area contributed by atoms with Gasteiger partial charge in [0.15, 0.2) is 0 Å². The summed E-state index contributed by atoms with van der Waals surface area (Å²) in [7, 11) is 0. The van der Waals surface area contributed by atoms with Crippen molar-refractivity contribution in [3.05, 3.63) is 72.9 Å². The van der Waals surface area contributed by atoms with Crippen LogP contribution in [0.1, 0.15) is 70.8 Å². The maximum Gasteiger partial charge on any atom is 0.410 e. The summed E-state index contributed by atoms with van der Waals surface area (Å²) in [6.07, 6.45) is 18.3. The number of amides is 2. The lowest BCUT2D eigenvalue weighted by Crippen LogP contribution is -2.48. The van der Waals surface area contributed by atoms with E-state index in [1.54, 1.807) is 6.08 Å². The van der Waals surface area contributed by atoms with Crippen LogP contribution in [0, 0.1) is 11.8 Å². The van der Waals surface area contributed by atoms with Gasteiger partial charge in [0, 0.05) is 51.2 Å². The molecule has 3 aliphatic rings. The zero-order valence-electron chi connectivity index (χ0n) is 24.9. The summed E-state index contributed by atoms with van der Waals surface area (Å²) >= 11 is 0. The minimum absolute atomic E-state index is 0.201. The highest BCUT2D eigenvalue weighted by atomic mass is 16.6. The van der Waals surface area contributed by atoms with Gasteiger partial charge in [-0.2, -0.15) is 0 Å². The van der Waals surface area contributed by atoms with Crippen LogP contribution >= 0.6 is 0 Å². The molecule has 1 aromatic rings. The minimum Gasteiger partial charge on any atom is -0.445 e. The number of allylic oxidation sites excluding steroid dienone is 5. The molecule has 1 aliphatic carbocycles. The highest BCUT2D eigenvalue weighted by Crippen LogP contribution is 2.29. The van der Waals surface area contributed by atoms with Gasteiger partial charge in [0.1, 0.15) is 6.61 Å². The molecule has 2 amide bonds. The summed E-state index contributed by atoms with van der Waals surface area (Å²) in [5.74, 6) is 1.30. The molecule has 0 spiro atoms. The quantitative estimate of drug-likeness (QED) is 0.316. The molecule has 0 bridgehead atoms. The molecule has 220 valence electrons. The number of hydrogen-bond acceptors (Lipinski definition) is 4. The number of nitrogens with zero attached hydrogens (tertiary/aromatic N) is 3. The van der Waals surface area contributed by atoms with Gasteiger partial charge in [-0.15, -0.1) is 0 Å². The Bertz CT molecular complexity index is 946. The van der Waals surface area contributed by atoms with E-state index in [1.165, 1.54) is 19.3 Å². The van der Waals surface area contributed by atoms with E-state index in [0.29, 0.717) is 25.0 Å². The van der Waals surface area contributed by atoms with Gasteiger partial charge in [-0.3, -0.25) is 4.79 Å². The van der Waals surface area contributed by atoms with E-state index in [2.05, 4.69) is 16.4 Å². The third kappa shape index (κ3) is 10.3. The Morgan fingerprint density at radius 3 is 2.35 bits per heavy atom. The molecule has 1 atom stereocenters. The first-order valence-electron chi connectivity index (χ1n) is 15.4. The minimum atomic E-state index is -0.201. The second-order valence-electron chi connectivity index (χ2n) is 11.3. The van der Waals surface area contributed by atoms with Gasteiger partial charge in [-0.1, -0.05) is 86.6 Å². The molecule has 0 unspecified atom stereocenters. The van der Waals surface area contributed by atoms with E-state index < -0.39 is 0 Å². The Hall–Kier alpha value is -2.86. The number of rotatable bonds is 9. The normalized spacial score (nSPS) is 20.9. The van der Waals surface area contributed by atoms with Crippen LogP contribution in [0.15, 0.2) is 67.3 Å². The van der Waals surface area contributed by atoms with E-state index in [9.17, 15) is 9.59 Å². The van der Waals surface area contributed by atoms with Crippen molar-refractivity contribution in [1.82, 2.24) is 14.7 Å². The number of ether oxygens (including phenoxy) is 1. The smallest absolute Gasteiger partial charge is 0.410 e. The predicted octanol–water partition coefficient (Wildman–Crippen LogP) is 6.84. The van der Waals surface area contributed by atoms with Crippen molar-refractivity contribution < 1.29 is 14.3 Å². The molecule has 2 heterocycles. The zero-order valence-corrected chi connectivity index (χ0v) is 24.9. The van der Waals surface area contributed by atoms with Crippen molar-refractivity contribution in [2.24, 2.45) is 11.8 Å². The van der Waals surface area contributed by atoms with Gasteiger partial charge in [0.05, 0.1) is 0 Å². The average Bonchev–Trinajstić information content (AvgIpc) is 3.47. The van der Waals surface area contributed by atoms with Gasteiger partial charge < -0.3 is 19.4 Å². The van der Waals surface area contributed by atoms with Crippen LogP contribution < -0.4 is 0 Å². The van der Waals surface area contributed by atoms with E-state index in [-0.39, 0.29) is 18.1 Å². The second-order valence-corrected chi connectivity index (χ2v) is 11.3. The van der Waals surface area contributed by atoms with E-state index in [4.69, 9.17) is 4.74 Å². The molecular weight excluding hydrogens is 498 g/mol. The van der Waals surface area contributed by atoms with Crippen molar-refractivity contribution in [1.29, 1.82) is 0 Å². The Balaban J connectivity index is 0.000000559. The number of benzene rings is 1. The van der Waals surface area contributed by atoms with Crippen molar-refractivity contribution in [2.45, 2.75) is 77.9 Å². The summed E-state index contributed by atoms with van der Waals surface area (Å²) in [5, 5.41) is 0. The van der Waals surface area contributed by atoms with Gasteiger partial charge >= 0.3 is 6.09 Å². The topological polar surface area (TPSA) is 53.1 Å². The molecule has 0 aromatic heterocycles. The molecular formula is C34H51N3O3. The lowest BCUT2D eigenvalue weighted by molar-refractivity contribution is -0.135. The first kappa shape index (κ1) is 31.7. The number of likely N-dealkylation sites (tertiary alicyclic amines) is 2. The van der Waals surface area contributed by atoms with Crippen molar-refractivity contribution >= 4 is 12.0 Å². The van der Waals surface area contributed by atoms with Crippen molar-refractivity contribution in [2.75, 3.05) is 39.3 Å². The highest BCUT2D eigenvalue weighted by molar-refractivity contribution is 5.79. The monoisotopic (exact) mass is 549 g/mol. The Labute approximate surface area is 242 Å². The first-order chi connectivity index (χ1) is 19.5. The van der Waals surface area contributed by atoms with E-state index in [1.807, 2.05) is 73.4 Å². The van der Waals surface area contributed by atoms with Crippen LogP contribution in [-0.2, 0) is 16.1 Å². The van der Waals surface area contributed by atoms with Crippen LogP contribution in [0.5, 0.6) is 0 Å². The summed E-state index contributed by atoms with van der Waals surface area (Å²) in [6, 6.07) is 10.1. The van der Waals surface area contributed by atoms with Crippen LogP contribution in [-0.4, -0.2) is 72.0 Å². The van der Waals surface area contributed by atoms with Crippen LogP contribution in [0.25, 0.3) is 0 Å². The fraction of sp³-hybridized carbons (Fsp3) is 0.588. The summed E-state index contributed by atoms with van der Waals surface area (Å²) in [6.45, 7) is 13.5. The Morgan fingerprint density at radius 1 is 0.975 bits per heavy atom. The van der Waals surface area contributed by atoms with Crippen molar-refractivity contribution in [3.63, 3.8) is 0 Å². The lowest BCUT2D eigenvalue weighted by Gasteiger charge is -2.38. The fourth-order valence-electron chi connectivity index (χ4n) is 6.16. The number of carbonyl (C=O) groups is 2. The average molecular weight is 550 g/mol. The van der Waals surface area contributed by atoms with Crippen molar-refractivity contribution in [3.8, 4) is 0 Å². The van der Waals surface area contributed by atoms with Gasteiger partial charge in [0.25, 0.3) is 0 Å². The Kier molecular flexibility index (Phi) is 14.1. The molecule has 2 saturated heterocycles. The molecule has 6 nitrogen and oxygen atoms in total. The SMILES string of the molecule is C=C/C=C\C=C/C.CCN(C(=O)OCc1ccccc1)C1CCN(C[C@@H]2CCN(C(=O)C3CCCCC3)C2)CC1. The standard InChI is InChI=1S/C27H41N3O3.C7H10/c1-2-30(27(32)33-21-22-9-5-3-6-10-22)25-14-16-28(17-15-25)19-23-13-18-29(20-23)26(31)24-11-7-4-8-12-24;1-3-5-7-6-4-2/h3,5-6,9-10,23-25H,2,4,7-8,11-21H2,1H3;3-7H,1H2,2H3/b;6-4-,7-5-/t23-;/m0./s1. The number of hydrogen-bond donors (Lipinski definition) is 0. The lowest BCUT2D eigenvalue weighted by atomic mass is 9.88. The molecule has 6 heteroatoms. The third-order valence-electron chi connectivity index (χ3n) is 8.40. The van der Waals surface area contributed by atoms with E-state index in [0.717, 1.165) is 70.4 Å².